The first-order valence-corrected chi connectivity index (χ1v) is 12.6. The van der Waals surface area contributed by atoms with Gasteiger partial charge in [-0.3, -0.25) is 10.1 Å². The summed E-state index contributed by atoms with van der Waals surface area (Å²) in [5.41, 5.74) is 2.95. The summed E-state index contributed by atoms with van der Waals surface area (Å²) in [7, 11) is 0. The second-order valence-electron chi connectivity index (χ2n) is 8.45. The highest BCUT2D eigenvalue weighted by Crippen LogP contribution is 2.45. The third kappa shape index (κ3) is 5.56. The van der Waals surface area contributed by atoms with E-state index in [1.54, 1.807) is 19.1 Å². The SMILES string of the molecule is CCOC(=O)C1=C(Nc2ccccc2OCC)CN(c2ccccc2OCC)C1c1cccc([N+](=O)[O-])c1. The van der Waals surface area contributed by atoms with Gasteiger partial charge in [-0.25, -0.2) is 4.79 Å². The quantitative estimate of drug-likeness (QED) is 0.191. The van der Waals surface area contributed by atoms with Gasteiger partial charge in [0.2, 0.25) is 0 Å². The zero-order valence-corrected chi connectivity index (χ0v) is 21.7. The van der Waals surface area contributed by atoms with Crippen molar-refractivity contribution in [3.63, 3.8) is 0 Å². The number of nitro groups is 1. The Morgan fingerprint density at radius 3 is 2.34 bits per heavy atom. The first-order valence-electron chi connectivity index (χ1n) is 12.6. The molecule has 4 rings (SSSR count). The predicted molar refractivity (Wildman–Crippen MR) is 146 cm³/mol. The Kier molecular flexibility index (Phi) is 8.47. The number of non-ortho nitro benzene ring substituents is 1. The molecule has 3 aromatic rings. The van der Waals surface area contributed by atoms with E-state index in [9.17, 15) is 14.9 Å². The fraction of sp³-hybridized carbons (Fsp3) is 0.276. The molecule has 0 bridgehead atoms. The largest absolute Gasteiger partial charge is 0.492 e. The van der Waals surface area contributed by atoms with Crippen molar-refractivity contribution >= 4 is 23.0 Å². The monoisotopic (exact) mass is 517 g/mol. The van der Waals surface area contributed by atoms with Crippen LogP contribution in [0.4, 0.5) is 17.1 Å². The Bertz CT molecular complexity index is 1340. The van der Waals surface area contributed by atoms with Gasteiger partial charge in [0.25, 0.3) is 5.69 Å². The normalized spacial score (nSPS) is 14.8. The minimum absolute atomic E-state index is 0.0631. The van der Waals surface area contributed by atoms with E-state index in [-0.39, 0.29) is 12.3 Å². The van der Waals surface area contributed by atoms with Crippen LogP contribution in [0.3, 0.4) is 0 Å². The second-order valence-corrected chi connectivity index (χ2v) is 8.45. The maximum Gasteiger partial charge on any atom is 0.338 e. The molecule has 1 aliphatic rings. The number of hydrogen-bond donors (Lipinski definition) is 1. The summed E-state index contributed by atoms with van der Waals surface area (Å²) in [6.45, 7) is 6.97. The van der Waals surface area contributed by atoms with Crippen LogP contribution in [0.1, 0.15) is 32.4 Å². The molecule has 1 heterocycles. The molecule has 0 spiro atoms. The van der Waals surface area contributed by atoms with Crippen molar-refractivity contribution in [3.8, 4) is 11.5 Å². The van der Waals surface area contributed by atoms with E-state index >= 15 is 0 Å². The second kappa shape index (κ2) is 12.1. The zero-order chi connectivity index (χ0) is 27.1. The first kappa shape index (κ1) is 26.5. The molecule has 1 atom stereocenters. The highest BCUT2D eigenvalue weighted by molar-refractivity contribution is 5.95. The summed E-state index contributed by atoms with van der Waals surface area (Å²) in [6, 6.07) is 20.7. The van der Waals surface area contributed by atoms with Crippen LogP contribution in [-0.2, 0) is 9.53 Å². The molecule has 0 aliphatic carbocycles. The van der Waals surface area contributed by atoms with Gasteiger partial charge in [-0.2, -0.15) is 0 Å². The molecular weight excluding hydrogens is 486 g/mol. The Morgan fingerprint density at radius 1 is 0.947 bits per heavy atom. The van der Waals surface area contributed by atoms with Gasteiger partial charge in [-0.1, -0.05) is 36.4 Å². The molecule has 9 heteroatoms. The van der Waals surface area contributed by atoms with Gasteiger partial charge >= 0.3 is 5.97 Å². The van der Waals surface area contributed by atoms with Crippen molar-refractivity contribution in [3.05, 3.63) is 99.7 Å². The molecule has 0 fully saturated rings. The molecule has 0 saturated heterocycles. The highest BCUT2D eigenvalue weighted by Gasteiger charge is 2.40. The maximum atomic E-state index is 13.5. The lowest BCUT2D eigenvalue weighted by Crippen LogP contribution is -2.28. The summed E-state index contributed by atoms with van der Waals surface area (Å²) in [6.07, 6.45) is 0. The van der Waals surface area contributed by atoms with Crippen molar-refractivity contribution in [2.24, 2.45) is 0 Å². The number of anilines is 2. The molecule has 0 saturated carbocycles. The third-order valence-corrected chi connectivity index (χ3v) is 6.08. The summed E-state index contributed by atoms with van der Waals surface area (Å²) in [5.74, 6) is 0.784. The van der Waals surface area contributed by atoms with Crippen molar-refractivity contribution < 1.29 is 23.9 Å². The van der Waals surface area contributed by atoms with E-state index < -0.39 is 16.9 Å². The lowest BCUT2D eigenvalue weighted by atomic mass is 9.98. The van der Waals surface area contributed by atoms with Gasteiger partial charge in [0.05, 0.1) is 54.3 Å². The van der Waals surface area contributed by atoms with Crippen LogP contribution in [0, 0.1) is 10.1 Å². The molecule has 0 aromatic heterocycles. The lowest BCUT2D eigenvalue weighted by Gasteiger charge is -2.30. The number of benzene rings is 3. The molecule has 1 N–H and O–H groups in total. The molecule has 1 unspecified atom stereocenters. The molecule has 38 heavy (non-hydrogen) atoms. The smallest absolute Gasteiger partial charge is 0.338 e. The van der Waals surface area contributed by atoms with Gasteiger partial charge in [-0.05, 0) is 50.6 Å². The number of nitrogens with one attached hydrogen (secondary N) is 1. The van der Waals surface area contributed by atoms with Crippen molar-refractivity contribution in [1.82, 2.24) is 0 Å². The first-order chi connectivity index (χ1) is 18.5. The summed E-state index contributed by atoms with van der Waals surface area (Å²) in [5, 5.41) is 15.0. The van der Waals surface area contributed by atoms with Crippen molar-refractivity contribution in [2.75, 3.05) is 36.6 Å². The number of carbonyl (C=O) groups excluding carboxylic acids is 1. The van der Waals surface area contributed by atoms with E-state index in [4.69, 9.17) is 14.2 Å². The average molecular weight is 518 g/mol. The molecule has 0 radical (unpaired) electrons. The van der Waals surface area contributed by atoms with Crippen LogP contribution in [0.25, 0.3) is 0 Å². The van der Waals surface area contributed by atoms with Gasteiger partial charge < -0.3 is 24.4 Å². The van der Waals surface area contributed by atoms with Crippen LogP contribution >= 0.6 is 0 Å². The topological polar surface area (TPSA) is 103 Å². The van der Waals surface area contributed by atoms with E-state index in [2.05, 4.69) is 5.32 Å². The average Bonchev–Trinajstić information content (AvgIpc) is 3.29. The van der Waals surface area contributed by atoms with E-state index in [1.807, 2.05) is 67.3 Å². The van der Waals surface area contributed by atoms with Crippen LogP contribution in [0.2, 0.25) is 0 Å². The molecule has 0 amide bonds. The number of hydrogen-bond acceptors (Lipinski definition) is 8. The molecular formula is C29H31N3O6. The van der Waals surface area contributed by atoms with Gasteiger partial charge in [-0.15, -0.1) is 0 Å². The number of ether oxygens (including phenoxy) is 3. The number of carbonyl (C=O) groups is 1. The predicted octanol–water partition coefficient (Wildman–Crippen LogP) is 5.88. The fourth-order valence-corrected chi connectivity index (χ4v) is 4.58. The molecule has 3 aromatic carbocycles. The number of para-hydroxylation sites is 4. The summed E-state index contributed by atoms with van der Waals surface area (Å²) < 4.78 is 17.2. The number of nitro benzene ring substituents is 1. The van der Waals surface area contributed by atoms with Crippen LogP contribution in [0.15, 0.2) is 84.1 Å². The van der Waals surface area contributed by atoms with E-state index in [0.717, 1.165) is 5.69 Å². The van der Waals surface area contributed by atoms with E-state index in [0.29, 0.717) is 53.8 Å². The zero-order valence-electron chi connectivity index (χ0n) is 21.7. The molecule has 1 aliphatic heterocycles. The summed E-state index contributed by atoms with van der Waals surface area (Å²) in [4.78, 5) is 26.7. The van der Waals surface area contributed by atoms with Gasteiger partial charge in [0, 0.05) is 17.8 Å². The Balaban J connectivity index is 1.91. The van der Waals surface area contributed by atoms with Crippen LogP contribution < -0.4 is 19.7 Å². The number of esters is 1. The van der Waals surface area contributed by atoms with Crippen molar-refractivity contribution in [1.29, 1.82) is 0 Å². The minimum atomic E-state index is -0.669. The maximum absolute atomic E-state index is 13.5. The molecule has 198 valence electrons. The minimum Gasteiger partial charge on any atom is -0.492 e. The molecule has 9 nitrogen and oxygen atoms in total. The Labute approximate surface area is 221 Å². The lowest BCUT2D eigenvalue weighted by molar-refractivity contribution is -0.384. The van der Waals surface area contributed by atoms with Gasteiger partial charge in [0.1, 0.15) is 11.5 Å². The standard InChI is InChI=1S/C29H31N3O6/c1-4-36-25-16-9-7-14-22(25)30-23-19-31(24-15-8-10-17-26(24)37-5-2)28(27(23)29(33)38-6-3)20-12-11-13-21(18-20)32(34)35/h7-18,28,30H,4-6,19H2,1-3H3. The van der Waals surface area contributed by atoms with Crippen molar-refractivity contribution in [2.45, 2.75) is 26.8 Å². The highest BCUT2D eigenvalue weighted by atomic mass is 16.6. The van der Waals surface area contributed by atoms with Crippen LogP contribution in [-0.4, -0.2) is 37.3 Å². The fourth-order valence-electron chi connectivity index (χ4n) is 4.58. The Hall–Kier alpha value is -4.53. The third-order valence-electron chi connectivity index (χ3n) is 6.08. The number of nitrogens with zero attached hydrogens (tertiary/aromatic N) is 2. The summed E-state index contributed by atoms with van der Waals surface area (Å²) >= 11 is 0. The Morgan fingerprint density at radius 2 is 1.63 bits per heavy atom. The van der Waals surface area contributed by atoms with Crippen LogP contribution in [0.5, 0.6) is 11.5 Å². The van der Waals surface area contributed by atoms with E-state index in [1.165, 1.54) is 12.1 Å². The number of rotatable bonds is 11. The van der Waals surface area contributed by atoms with Gasteiger partial charge in [0.15, 0.2) is 0 Å².